The van der Waals surface area contributed by atoms with Gasteiger partial charge in [-0.05, 0) is 30.4 Å². The molecule has 2 aromatic carbocycles. The van der Waals surface area contributed by atoms with Gasteiger partial charge in [0.25, 0.3) is 0 Å². The molecule has 1 unspecified atom stereocenters. The summed E-state index contributed by atoms with van der Waals surface area (Å²) in [5.41, 5.74) is 1.83. The van der Waals surface area contributed by atoms with Crippen molar-refractivity contribution in [1.82, 2.24) is 4.90 Å². The number of carbonyl (C=O) groups excluding carboxylic acids is 1. The maximum Gasteiger partial charge on any atom is 0.224 e. The van der Waals surface area contributed by atoms with Gasteiger partial charge in [-0.3, -0.25) is 4.79 Å². The highest BCUT2D eigenvalue weighted by atomic mass is 16.5. The maximum absolute atomic E-state index is 13.2. The molecular weight excluding hydrogens is 322 g/mol. The molecule has 0 bridgehead atoms. The second kappa shape index (κ2) is 7.24. The molecule has 2 aromatic rings. The van der Waals surface area contributed by atoms with Gasteiger partial charge in [0.1, 0.15) is 6.10 Å². The summed E-state index contributed by atoms with van der Waals surface area (Å²) < 4.78 is 6.08. The van der Waals surface area contributed by atoms with Gasteiger partial charge in [-0.15, -0.1) is 0 Å². The molecular formula is C23H29NO2. The predicted octanol–water partition coefficient (Wildman–Crippen LogP) is 4.73. The molecule has 0 saturated carbocycles. The first-order valence-electron chi connectivity index (χ1n) is 9.32. The summed E-state index contributed by atoms with van der Waals surface area (Å²) in [5.74, 6) is 0.188. The standard InChI is InChI=1S/C23H29NO2/c1-22(2,19-13-9-6-10-14-19)15-21(25)24-16-20(26-17-23(24,3)4)18-11-7-5-8-12-18/h5-14,20H,15-17H2,1-4H3. The number of morpholine rings is 1. The number of ether oxygens (including phenoxy) is 1. The third kappa shape index (κ3) is 3.99. The van der Waals surface area contributed by atoms with Crippen LogP contribution in [0.15, 0.2) is 60.7 Å². The first-order valence-corrected chi connectivity index (χ1v) is 9.32. The Morgan fingerprint density at radius 2 is 1.65 bits per heavy atom. The van der Waals surface area contributed by atoms with Gasteiger partial charge in [-0.25, -0.2) is 0 Å². The molecule has 1 aliphatic heterocycles. The van der Waals surface area contributed by atoms with E-state index in [4.69, 9.17) is 4.74 Å². The molecule has 3 heteroatoms. The molecule has 26 heavy (non-hydrogen) atoms. The Hall–Kier alpha value is -2.13. The number of amides is 1. The summed E-state index contributed by atoms with van der Waals surface area (Å²) in [5, 5.41) is 0. The SMILES string of the molecule is CC(C)(CC(=O)N1CC(c2ccccc2)OCC1(C)C)c1ccccc1. The lowest BCUT2D eigenvalue weighted by Gasteiger charge is -2.46. The lowest BCUT2D eigenvalue weighted by atomic mass is 9.80. The number of hydrogen-bond acceptors (Lipinski definition) is 2. The summed E-state index contributed by atoms with van der Waals surface area (Å²) in [6.45, 7) is 9.60. The highest BCUT2D eigenvalue weighted by Gasteiger charge is 2.40. The number of nitrogens with zero attached hydrogens (tertiary/aromatic N) is 1. The van der Waals surface area contributed by atoms with Gasteiger partial charge in [0.15, 0.2) is 0 Å². The first-order chi connectivity index (χ1) is 12.3. The van der Waals surface area contributed by atoms with Crippen molar-refractivity contribution in [3.05, 3.63) is 71.8 Å². The Bertz CT molecular complexity index is 737. The molecule has 138 valence electrons. The third-order valence-corrected chi connectivity index (χ3v) is 5.34. The topological polar surface area (TPSA) is 29.5 Å². The summed E-state index contributed by atoms with van der Waals surface area (Å²) in [6.07, 6.45) is 0.426. The van der Waals surface area contributed by atoms with Gasteiger partial charge in [0, 0.05) is 6.42 Å². The van der Waals surface area contributed by atoms with E-state index in [-0.39, 0.29) is 23.0 Å². The summed E-state index contributed by atoms with van der Waals surface area (Å²) in [6, 6.07) is 20.5. The highest BCUT2D eigenvalue weighted by molar-refractivity contribution is 5.78. The van der Waals surface area contributed by atoms with Crippen LogP contribution < -0.4 is 0 Å². The minimum absolute atomic E-state index is 0.0620. The molecule has 3 rings (SSSR count). The molecule has 1 saturated heterocycles. The molecule has 0 spiro atoms. The molecule has 1 aliphatic rings. The van der Waals surface area contributed by atoms with Crippen molar-refractivity contribution in [3.8, 4) is 0 Å². The van der Waals surface area contributed by atoms with E-state index < -0.39 is 0 Å². The van der Waals surface area contributed by atoms with Gasteiger partial charge < -0.3 is 9.64 Å². The van der Waals surface area contributed by atoms with Gasteiger partial charge in [-0.2, -0.15) is 0 Å². The van der Waals surface area contributed by atoms with Crippen LogP contribution in [0.5, 0.6) is 0 Å². The van der Waals surface area contributed by atoms with E-state index in [1.165, 1.54) is 5.56 Å². The lowest BCUT2D eigenvalue weighted by Crippen LogP contribution is -2.57. The van der Waals surface area contributed by atoms with Crippen LogP contribution >= 0.6 is 0 Å². The molecule has 3 nitrogen and oxygen atoms in total. The van der Waals surface area contributed by atoms with Crippen molar-refractivity contribution in [1.29, 1.82) is 0 Å². The van der Waals surface area contributed by atoms with Crippen LogP contribution in [0, 0.1) is 0 Å². The zero-order valence-corrected chi connectivity index (χ0v) is 16.2. The van der Waals surface area contributed by atoms with Gasteiger partial charge in [0.2, 0.25) is 5.91 Å². The van der Waals surface area contributed by atoms with E-state index in [1.54, 1.807) is 0 Å². The smallest absolute Gasteiger partial charge is 0.224 e. The van der Waals surface area contributed by atoms with Crippen LogP contribution in [0.25, 0.3) is 0 Å². The minimum Gasteiger partial charge on any atom is -0.369 e. The fraction of sp³-hybridized carbons (Fsp3) is 0.435. The summed E-state index contributed by atoms with van der Waals surface area (Å²) in [4.78, 5) is 15.3. The fourth-order valence-corrected chi connectivity index (χ4v) is 3.62. The third-order valence-electron chi connectivity index (χ3n) is 5.34. The normalized spacial score (nSPS) is 20.0. The number of rotatable bonds is 4. The Kier molecular flexibility index (Phi) is 5.19. The van der Waals surface area contributed by atoms with Crippen LogP contribution in [0.1, 0.15) is 51.3 Å². The van der Waals surface area contributed by atoms with Crippen molar-refractivity contribution in [2.45, 2.75) is 51.2 Å². The largest absolute Gasteiger partial charge is 0.369 e. The Balaban J connectivity index is 1.77. The van der Waals surface area contributed by atoms with Crippen molar-refractivity contribution in [2.75, 3.05) is 13.2 Å². The second-order valence-corrected chi connectivity index (χ2v) is 8.45. The minimum atomic E-state index is -0.296. The summed E-state index contributed by atoms with van der Waals surface area (Å²) >= 11 is 0. The van der Waals surface area contributed by atoms with Crippen molar-refractivity contribution in [3.63, 3.8) is 0 Å². The Morgan fingerprint density at radius 1 is 1.08 bits per heavy atom. The van der Waals surface area contributed by atoms with E-state index in [0.29, 0.717) is 19.6 Å². The van der Waals surface area contributed by atoms with Crippen LogP contribution in [0.4, 0.5) is 0 Å². The highest BCUT2D eigenvalue weighted by Crippen LogP contribution is 2.34. The Labute approximate surface area is 157 Å². The van der Waals surface area contributed by atoms with Gasteiger partial charge in [-0.1, -0.05) is 74.5 Å². The summed E-state index contributed by atoms with van der Waals surface area (Å²) in [7, 11) is 0. The molecule has 0 N–H and O–H groups in total. The van der Waals surface area contributed by atoms with E-state index in [0.717, 1.165) is 5.56 Å². The number of hydrogen-bond donors (Lipinski definition) is 0. The lowest BCUT2D eigenvalue weighted by molar-refractivity contribution is -0.156. The molecule has 0 aromatic heterocycles. The first kappa shape index (κ1) is 18.7. The van der Waals surface area contributed by atoms with E-state index >= 15 is 0 Å². The fourth-order valence-electron chi connectivity index (χ4n) is 3.62. The predicted molar refractivity (Wildman–Crippen MR) is 105 cm³/mol. The average molecular weight is 351 g/mol. The van der Waals surface area contributed by atoms with Crippen LogP contribution in [-0.4, -0.2) is 29.5 Å². The van der Waals surface area contributed by atoms with Gasteiger partial charge in [0.05, 0.1) is 18.7 Å². The molecule has 0 aliphatic carbocycles. The Morgan fingerprint density at radius 3 is 2.27 bits per heavy atom. The molecule has 1 amide bonds. The van der Waals surface area contributed by atoms with Crippen molar-refractivity contribution < 1.29 is 9.53 Å². The van der Waals surface area contributed by atoms with E-state index in [1.807, 2.05) is 41.3 Å². The zero-order chi connectivity index (χ0) is 18.8. The van der Waals surface area contributed by atoms with E-state index in [9.17, 15) is 4.79 Å². The van der Waals surface area contributed by atoms with Gasteiger partial charge >= 0.3 is 0 Å². The molecule has 0 radical (unpaired) electrons. The average Bonchev–Trinajstić information content (AvgIpc) is 2.62. The van der Waals surface area contributed by atoms with Crippen LogP contribution in [-0.2, 0) is 14.9 Å². The quantitative estimate of drug-likeness (QED) is 0.797. The van der Waals surface area contributed by atoms with E-state index in [2.05, 4.69) is 52.0 Å². The zero-order valence-electron chi connectivity index (χ0n) is 16.2. The molecule has 1 heterocycles. The second-order valence-electron chi connectivity index (χ2n) is 8.45. The number of benzene rings is 2. The molecule has 1 fully saturated rings. The monoisotopic (exact) mass is 351 g/mol. The maximum atomic E-state index is 13.2. The number of carbonyl (C=O) groups is 1. The molecule has 1 atom stereocenters. The van der Waals surface area contributed by atoms with Crippen LogP contribution in [0.2, 0.25) is 0 Å². The van der Waals surface area contributed by atoms with Crippen molar-refractivity contribution >= 4 is 5.91 Å². The van der Waals surface area contributed by atoms with Crippen LogP contribution in [0.3, 0.4) is 0 Å². The van der Waals surface area contributed by atoms with Crippen molar-refractivity contribution in [2.24, 2.45) is 0 Å².